The minimum atomic E-state index is -0.949. The van der Waals surface area contributed by atoms with Crippen molar-refractivity contribution in [3.63, 3.8) is 0 Å². The summed E-state index contributed by atoms with van der Waals surface area (Å²) in [6.07, 6.45) is 2.67. The Balaban J connectivity index is 2.77. The molecule has 86 valence electrons. The number of carboxylic acid groups (broad SMARTS) is 1. The van der Waals surface area contributed by atoms with Crippen molar-refractivity contribution < 1.29 is 14.7 Å². The maximum Gasteiger partial charge on any atom is 0.323 e. The van der Waals surface area contributed by atoms with Crippen molar-refractivity contribution in [3.05, 3.63) is 0 Å². The Labute approximate surface area is 95.1 Å². The first-order chi connectivity index (χ1) is 7.06. The number of hydrogen-bond acceptors (Lipinski definition) is 3. The maximum absolute atomic E-state index is 11.9. The SMILES string of the molecule is CC1CCCC(CS)C(=O)N1CC(=O)O. The number of carboxylic acids is 1. The molecule has 1 fully saturated rings. The molecule has 1 saturated heterocycles. The summed E-state index contributed by atoms with van der Waals surface area (Å²) in [4.78, 5) is 24.1. The summed E-state index contributed by atoms with van der Waals surface area (Å²) in [6.45, 7) is 1.71. The third kappa shape index (κ3) is 3.12. The van der Waals surface area contributed by atoms with E-state index >= 15 is 0 Å². The van der Waals surface area contributed by atoms with Gasteiger partial charge in [-0.2, -0.15) is 12.6 Å². The van der Waals surface area contributed by atoms with Crippen LogP contribution in [0.4, 0.5) is 0 Å². The highest BCUT2D eigenvalue weighted by atomic mass is 32.1. The topological polar surface area (TPSA) is 57.6 Å². The third-order valence-electron chi connectivity index (χ3n) is 2.86. The Bertz CT molecular complexity index is 257. The number of rotatable bonds is 3. The molecule has 2 unspecified atom stereocenters. The van der Waals surface area contributed by atoms with Crippen LogP contribution in [-0.4, -0.2) is 40.2 Å². The molecule has 1 heterocycles. The van der Waals surface area contributed by atoms with Crippen LogP contribution in [0.25, 0.3) is 0 Å². The van der Waals surface area contributed by atoms with E-state index in [2.05, 4.69) is 12.6 Å². The number of likely N-dealkylation sites (tertiary alicyclic amines) is 1. The van der Waals surface area contributed by atoms with Gasteiger partial charge in [0.25, 0.3) is 0 Å². The number of hydrogen-bond donors (Lipinski definition) is 2. The van der Waals surface area contributed by atoms with Gasteiger partial charge in [-0.15, -0.1) is 0 Å². The smallest absolute Gasteiger partial charge is 0.323 e. The standard InChI is InChI=1S/C10H17NO3S/c1-7-3-2-4-8(6-15)10(14)11(7)5-9(12)13/h7-8,15H,2-6H2,1H3,(H,12,13). The van der Waals surface area contributed by atoms with Crippen LogP contribution in [0.2, 0.25) is 0 Å². The molecule has 4 nitrogen and oxygen atoms in total. The van der Waals surface area contributed by atoms with Crippen LogP contribution in [0.3, 0.4) is 0 Å². The zero-order valence-corrected chi connectivity index (χ0v) is 9.74. The Morgan fingerprint density at radius 2 is 2.27 bits per heavy atom. The highest BCUT2D eigenvalue weighted by molar-refractivity contribution is 7.80. The van der Waals surface area contributed by atoms with E-state index in [4.69, 9.17) is 5.11 Å². The van der Waals surface area contributed by atoms with Gasteiger partial charge in [-0.1, -0.05) is 6.42 Å². The second-order valence-corrected chi connectivity index (χ2v) is 4.38. The fraction of sp³-hybridized carbons (Fsp3) is 0.800. The second-order valence-electron chi connectivity index (χ2n) is 4.02. The summed E-state index contributed by atoms with van der Waals surface area (Å²) in [5, 5.41) is 8.74. The van der Waals surface area contributed by atoms with Gasteiger partial charge in [-0.3, -0.25) is 9.59 Å². The summed E-state index contributed by atoms with van der Waals surface area (Å²) in [5.74, 6) is -0.619. The van der Waals surface area contributed by atoms with E-state index in [9.17, 15) is 9.59 Å². The van der Waals surface area contributed by atoms with Crippen molar-refractivity contribution in [1.29, 1.82) is 0 Å². The molecule has 0 aromatic heterocycles. The first-order valence-corrected chi connectivity index (χ1v) is 5.82. The monoisotopic (exact) mass is 231 g/mol. The van der Waals surface area contributed by atoms with Gasteiger partial charge in [0, 0.05) is 17.7 Å². The average molecular weight is 231 g/mol. The predicted octanol–water partition coefficient (Wildman–Crippen LogP) is 1.02. The molecule has 1 aliphatic rings. The molecule has 15 heavy (non-hydrogen) atoms. The summed E-state index contributed by atoms with van der Waals surface area (Å²) >= 11 is 4.14. The van der Waals surface area contributed by atoms with Crippen molar-refractivity contribution >= 4 is 24.5 Å². The van der Waals surface area contributed by atoms with E-state index < -0.39 is 5.97 Å². The molecule has 1 rings (SSSR count). The van der Waals surface area contributed by atoms with Crippen LogP contribution < -0.4 is 0 Å². The maximum atomic E-state index is 11.9. The lowest BCUT2D eigenvalue weighted by molar-refractivity contribution is -0.147. The van der Waals surface area contributed by atoms with Gasteiger partial charge in [-0.05, 0) is 19.8 Å². The second kappa shape index (κ2) is 5.39. The summed E-state index contributed by atoms with van der Waals surface area (Å²) in [6, 6.07) is 0.0264. The van der Waals surface area contributed by atoms with Crippen LogP contribution in [0.1, 0.15) is 26.2 Å². The molecule has 0 spiro atoms. The lowest BCUT2D eigenvalue weighted by atomic mass is 10.0. The molecular weight excluding hydrogens is 214 g/mol. The Kier molecular flexibility index (Phi) is 4.45. The fourth-order valence-electron chi connectivity index (χ4n) is 1.94. The fourth-order valence-corrected chi connectivity index (χ4v) is 2.28. The van der Waals surface area contributed by atoms with Crippen molar-refractivity contribution in [2.24, 2.45) is 5.92 Å². The Hall–Kier alpha value is -0.710. The minimum absolute atomic E-state index is 0.0264. The zero-order valence-electron chi connectivity index (χ0n) is 8.85. The molecule has 1 aliphatic heterocycles. The Morgan fingerprint density at radius 3 is 2.80 bits per heavy atom. The van der Waals surface area contributed by atoms with Crippen molar-refractivity contribution in [3.8, 4) is 0 Å². The molecule has 1 amide bonds. The minimum Gasteiger partial charge on any atom is -0.480 e. The quantitative estimate of drug-likeness (QED) is 0.713. The molecular formula is C10H17NO3S. The molecule has 0 saturated carbocycles. The van der Waals surface area contributed by atoms with Gasteiger partial charge in [0.15, 0.2) is 0 Å². The van der Waals surface area contributed by atoms with Crippen LogP contribution in [0, 0.1) is 5.92 Å². The number of amides is 1. The van der Waals surface area contributed by atoms with E-state index in [1.807, 2.05) is 6.92 Å². The summed E-state index contributed by atoms with van der Waals surface area (Å²) in [5.41, 5.74) is 0. The van der Waals surface area contributed by atoms with E-state index in [0.29, 0.717) is 5.75 Å². The molecule has 0 radical (unpaired) electrons. The van der Waals surface area contributed by atoms with Crippen molar-refractivity contribution in [2.45, 2.75) is 32.2 Å². The molecule has 0 aromatic carbocycles. The molecule has 5 heteroatoms. The number of nitrogens with zero attached hydrogens (tertiary/aromatic N) is 1. The van der Waals surface area contributed by atoms with Crippen molar-refractivity contribution in [1.82, 2.24) is 4.90 Å². The largest absolute Gasteiger partial charge is 0.480 e. The van der Waals surface area contributed by atoms with Crippen LogP contribution >= 0.6 is 12.6 Å². The van der Waals surface area contributed by atoms with Gasteiger partial charge in [0.1, 0.15) is 6.54 Å². The number of aliphatic carboxylic acids is 1. The summed E-state index contributed by atoms with van der Waals surface area (Å²) in [7, 11) is 0. The van der Waals surface area contributed by atoms with E-state index in [-0.39, 0.29) is 24.4 Å². The van der Waals surface area contributed by atoms with Crippen LogP contribution in [-0.2, 0) is 9.59 Å². The van der Waals surface area contributed by atoms with Gasteiger partial charge in [0.05, 0.1) is 0 Å². The van der Waals surface area contributed by atoms with Gasteiger partial charge in [-0.25, -0.2) is 0 Å². The lowest BCUT2D eigenvalue weighted by Gasteiger charge is -2.27. The third-order valence-corrected chi connectivity index (χ3v) is 3.31. The van der Waals surface area contributed by atoms with Gasteiger partial charge >= 0.3 is 5.97 Å². The van der Waals surface area contributed by atoms with E-state index in [0.717, 1.165) is 19.3 Å². The highest BCUT2D eigenvalue weighted by Crippen LogP contribution is 2.22. The molecule has 0 aliphatic carbocycles. The zero-order chi connectivity index (χ0) is 11.4. The van der Waals surface area contributed by atoms with E-state index in [1.54, 1.807) is 0 Å². The molecule has 1 N–H and O–H groups in total. The molecule has 0 bridgehead atoms. The molecule has 2 atom stereocenters. The normalized spacial score (nSPS) is 27.6. The van der Waals surface area contributed by atoms with Crippen LogP contribution in [0.15, 0.2) is 0 Å². The van der Waals surface area contributed by atoms with Crippen molar-refractivity contribution in [2.75, 3.05) is 12.3 Å². The Morgan fingerprint density at radius 1 is 1.60 bits per heavy atom. The average Bonchev–Trinajstić information content (AvgIpc) is 2.30. The number of thiol groups is 1. The predicted molar refractivity (Wildman–Crippen MR) is 60.0 cm³/mol. The first-order valence-electron chi connectivity index (χ1n) is 5.19. The number of carbonyl (C=O) groups excluding carboxylic acids is 1. The summed E-state index contributed by atoms with van der Waals surface area (Å²) < 4.78 is 0. The highest BCUT2D eigenvalue weighted by Gasteiger charge is 2.30. The first kappa shape index (κ1) is 12.4. The molecule has 0 aromatic rings. The lowest BCUT2D eigenvalue weighted by Crippen LogP contribution is -2.43. The van der Waals surface area contributed by atoms with E-state index in [1.165, 1.54) is 4.90 Å². The van der Waals surface area contributed by atoms with Gasteiger partial charge in [0.2, 0.25) is 5.91 Å². The van der Waals surface area contributed by atoms with Crippen LogP contribution in [0.5, 0.6) is 0 Å². The van der Waals surface area contributed by atoms with Gasteiger partial charge < -0.3 is 10.0 Å². The number of carbonyl (C=O) groups is 2.